The number of aryl methyl sites for hydroxylation is 1. The van der Waals surface area contributed by atoms with Gasteiger partial charge in [0, 0.05) is 10.3 Å². The van der Waals surface area contributed by atoms with E-state index in [9.17, 15) is 4.79 Å². The Morgan fingerprint density at radius 3 is 2.85 bits per heavy atom. The molecule has 2 nitrogen and oxygen atoms in total. The molecule has 0 saturated carbocycles. The summed E-state index contributed by atoms with van der Waals surface area (Å²) in [5.41, 5.74) is 1.60. The molecule has 0 fully saturated rings. The van der Waals surface area contributed by atoms with Crippen molar-refractivity contribution in [1.82, 2.24) is 0 Å². The van der Waals surface area contributed by atoms with Gasteiger partial charge in [0.2, 0.25) is 0 Å². The van der Waals surface area contributed by atoms with Crippen LogP contribution >= 0.6 is 11.3 Å². The van der Waals surface area contributed by atoms with Crippen LogP contribution in [0.5, 0.6) is 0 Å². The SMILES string of the molecule is C#CCOC(=O)c1csc(C)c1C. The molecule has 0 aliphatic carbocycles. The van der Waals surface area contributed by atoms with Gasteiger partial charge in [-0.3, -0.25) is 0 Å². The van der Waals surface area contributed by atoms with Crippen LogP contribution in [0.4, 0.5) is 0 Å². The quantitative estimate of drug-likeness (QED) is 0.532. The Kier molecular flexibility index (Phi) is 3.10. The third-order valence-electron chi connectivity index (χ3n) is 1.79. The molecule has 0 bridgehead atoms. The van der Waals surface area contributed by atoms with Crippen molar-refractivity contribution in [1.29, 1.82) is 0 Å². The van der Waals surface area contributed by atoms with Gasteiger partial charge >= 0.3 is 5.97 Å². The third-order valence-corrected chi connectivity index (χ3v) is 2.81. The molecule has 0 amide bonds. The van der Waals surface area contributed by atoms with Crippen LogP contribution in [0.15, 0.2) is 5.38 Å². The van der Waals surface area contributed by atoms with E-state index < -0.39 is 0 Å². The van der Waals surface area contributed by atoms with Crippen molar-refractivity contribution in [3.8, 4) is 12.3 Å². The predicted molar refractivity (Wildman–Crippen MR) is 52.9 cm³/mol. The zero-order valence-corrected chi connectivity index (χ0v) is 8.40. The number of carbonyl (C=O) groups excluding carboxylic acids is 1. The van der Waals surface area contributed by atoms with Gasteiger partial charge in [0.25, 0.3) is 0 Å². The van der Waals surface area contributed by atoms with Crippen LogP contribution in [0.25, 0.3) is 0 Å². The highest BCUT2D eigenvalue weighted by atomic mass is 32.1. The molecule has 0 N–H and O–H groups in total. The monoisotopic (exact) mass is 194 g/mol. The van der Waals surface area contributed by atoms with E-state index in [2.05, 4.69) is 5.92 Å². The van der Waals surface area contributed by atoms with Crippen molar-refractivity contribution >= 4 is 17.3 Å². The second-order valence-corrected chi connectivity index (χ2v) is 3.69. The molecular formula is C10H10O2S. The molecule has 1 rings (SSSR count). The van der Waals surface area contributed by atoms with Crippen LogP contribution in [-0.2, 0) is 4.74 Å². The molecular weight excluding hydrogens is 184 g/mol. The number of ether oxygens (including phenoxy) is 1. The van der Waals surface area contributed by atoms with Gasteiger partial charge in [-0.05, 0) is 19.4 Å². The van der Waals surface area contributed by atoms with E-state index in [1.54, 1.807) is 16.7 Å². The Bertz CT molecular complexity index is 357. The van der Waals surface area contributed by atoms with E-state index in [-0.39, 0.29) is 12.6 Å². The molecule has 0 unspecified atom stereocenters. The number of terminal acetylenes is 1. The average Bonchev–Trinajstić information content (AvgIpc) is 2.44. The summed E-state index contributed by atoms with van der Waals surface area (Å²) < 4.78 is 4.80. The summed E-state index contributed by atoms with van der Waals surface area (Å²) in [6, 6.07) is 0. The number of carbonyl (C=O) groups is 1. The Morgan fingerprint density at radius 2 is 2.38 bits per heavy atom. The molecule has 0 radical (unpaired) electrons. The van der Waals surface area contributed by atoms with Crippen molar-refractivity contribution in [2.24, 2.45) is 0 Å². The normalized spacial score (nSPS) is 9.31. The highest BCUT2D eigenvalue weighted by Gasteiger charge is 2.12. The fourth-order valence-electron chi connectivity index (χ4n) is 0.900. The van der Waals surface area contributed by atoms with Gasteiger partial charge in [-0.25, -0.2) is 4.79 Å². The maximum absolute atomic E-state index is 11.3. The fourth-order valence-corrected chi connectivity index (χ4v) is 1.75. The number of thiophene rings is 1. The molecule has 0 aromatic carbocycles. The zero-order chi connectivity index (χ0) is 9.84. The van der Waals surface area contributed by atoms with Crippen LogP contribution in [0.2, 0.25) is 0 Å². The van der Waals surface area contributed by atoms with Gasteiger partial charge in [0.1, 0.15) is 0 Å². The van der Waals surface area contributed by atoms with Crippen molar-refractivity contribution in [2.75, 3.05) is 6.61 Å². The molecule has 1 heterocycles. The maximum atomic E-state index is 11.3. The number of esters is 1. The van der Waals surface area contributed by atoms with Gasteiger partial charge < -0.3 is 4.74 Å². The first-order valence-electron chi connectivity index (χ1n) is 3.82. The lowest BCUT2D eigenvalue weighted by Gasteiger charge is -1.99. The zero-order valence-electron chi connectivity index (χ0n) is 7.59. The number of rotatable bonds is 2. The second-order valence-electron chi connectivity index (χ2n) is 2.61. The second kappa shape index (κ2) is 4.11. The van der Waals surface area contributed by atoms with Crippen LogP contribution in [0, 0.1) is 26.2 Å². The molecule has 0 aliphatic rings. The molecule has 13 heavy (non-hydrogen) atoms. The van der Waals surface area contributed by atoms with E-state index in [4.69, 9.17) is 11.2 Å². The Labute approximate surface area is 81.5 Å². The van der Waals surface area contributed by atoms with Crippen LogP contribution < -0.4 is 0 Å². The van der Waals surface area contributed by atoms with Gasteiger partial charge in [-0.1, -0.05) is 5.92 Å². The largest absolute Gasteiger partial charge is 0.449 e. The topological polar surface area (TPSA) is 26.3 Å². The van der Waals surface area contributed by atoms with Crippen LogP contribution in [0.1, 0.15) is 20.8 Å². The summed E-state index contributed by atoms with van der Waals surface area (Å²) in [6.45, 7) is 3.91. The molecule has 0 spiro atoms. The molecule has 68 valence electrons. The highest BCUT2D eigenvalue weighted by Crippen LogP contribution is 2.20. The maximum Gasteiger partial charge on any atom is 0.340 e. The van der Waals surface area contributed by atoms with E-state index in [0.29, 0.717) is 5.56 Å². The van der Waals surface area contributed by atoms with E-state index in [0.717, 1.165) is 10.4 Å². The molecule has 0 aliphatic heterocycles. The summed E-state index contributed by atoms with van der Waals surface area (Å²) in [4.78, 5) is 12.5. The summed E-state index contributed by atoms with van der Waals surface area (Å²) in [7, 11) is 0. The molecule has 0 saturated heterocycles. The smallest absolute Gasteiger partial charge is 0.340 e. The number of hydrogen-bond donors (Lipinski definition) is 0. The van der Waals surface area contributed by atoms with E-state index in [1.807, 2.05) is 13.8 Å². The Balaban J connectivity index is 2.78. The Hall–Kier alpha value is -1.27. The first-order valence-corrected chi connectivity index (χ1v) is 4.70. The lowest BCUT2D eigenvalue weighted by atomic mass is 10.2. The summed E-state index contributed by atoms with van der Waals surface area (Å²) in [5.74, 6) is 1.92. The Morgan fingerprint density at radius 1 is 1.69 bits per heavy atom. The summed E-state index contributed by atoms with van der Waals surface area (Å²) >= 11 is 1.54. The van der Waals surface area contributed by atoms with Crippen LogP contribution in [-0.4, -0.2) is 12.6 Å². The predicted octanol–water partition coefficient (Wildman–Crippen LogP) is 2.15. The van der Waals surface area contributed by atoms with Crippen molar-refractivity contribution in [2.45, 2.75) is 13.8 Å². The first-order chi connectivity index (χ1) is 6.16. The molecule has 3 heteroatoms. The summed E-state index contributed by atoms with van der Waals surface area (Å²) in [5, 5.41) is 1.80. The lowest BCUT2D eigenvalue weighted by Crippen LogP contribution is -2.05. The van der Waals surface area contributed by atoms with Gasteiger partial charge in [0.15, 0.2) is 6.61 Å². The van der Waals surface area contributed by atoms with Crippen molar-refractivity contribution < 1.29 is 9.53 Å². The van der Waals surface area contributed by atoms with Gasteiger partial charge in [-0.15, -0.1) is 17.8 Å². The third kappa shape index (κ3) is 2.10. The minimum absolute atomic E-state index is 0.0349. The lowest BCUT2D eigenvalue weighted by molar-refractivity contribution is 0.0556. The first kappa shape index (κ1) is 9.82. The molecule has 1 aromatic rings. The van der Waals surface area contributed by atoms with Crippen molar-refractivity contribution in [3.05, 3.63) is 21.4 Å². The molecule has 1 aromatic heterocycles. The van der Waals surface area contributed by atoms with Crippen molar-refractivity contribution in [3.63, 3.8) is 0 Å². The van der Waals surface area contributed by atoms with E-state index in [1.165, 1.54) is 0 Å². The van der Waals surface area contributed by atoms with Crippen LogP contribution in [0.3, 0.4) is 0 Å². The highest BCUT2D eigenvalue weighted by molar-refractivity contribution is 7.10. The standard InChI is InChI=1S/C10H10O2S/c1-4-5-12-10(11)9-6-13-8(3)7(9)2/h1,6H,5H2,2-3H3. The minimum Gasteiger partial charge on any atom is -0.449 e. The van der Waals surface area contributed by atoms with Gasteiger partial charge in [-0.2, -0.15) is 0 Å². The average molecular weight is 194 g/mol. The minimum atomic E-state index is -0.334. The van der Waals surface area contributed by atoms with E-state index >= 15 is 0 Å². The summed E-state index contributed by atoms with van der Waals surface area (Å²) in [6.07, 6.45) is 4.97. The fraction of sp³-hybridized carbons (Fsp3) is 0.300. The van der Waals surface area contributed by atoms with Gasteiger partial charge in [0.05, 0.1) is 5.56 Å². The number of hydrogen-bond acceptors (Lipinski definition) is 3. The molecule has 0 atom stereocenters.